The maximum Gasteiger partial charge on any atom is 0.236 e. The van der Waals surface area contributed by atoms with Crippen molar-refractivity contribution in [1.29, 1.82) is 0 Å². The van der Waals surface area contributed by atoms with E-state index in [-0.39, 0.29) is 27.6 Å². The van der Waals surface area contributed by atoms with Crippen molar-refractivity contribution < 1.29 is 17.6 Å². The van der Waals surface area contributed by atoms with E-state index in [2.05, 4.69) is 4.98 Å². The number of aryl methyl sites for hydroxylation is 2. The molecule has 0 atom stereocenters. The van der Waals surface area contributed by atoms with Crippen LogP contribution in [-0.2, 0) is 14.6 Å². The zero-order chi connectivity index (χ0) is 22.2. The lowest BCUT2D eigenvalue weighted by atomic mass is 10.1. The number of amides is 1. The van der Waals surface area contributed by atoms with Crippen LogP contribution in [0.4, 0.5) is 5.88 Å². The molecule has 7 nitrogen and oxygen atoms in total. The quantitative estimate of drug-likeness (QED) is 0.619. The normalized spacial score (nSPS) is 14.7. The van der Waals surface area contributed by atoms with Crippen molar-refractivity contribution in [2.45, 2.75) is 30.7 Å². The number of sulfone groups is 1. The number of carbonyl (C=O) groups excluding carboxylic acids is 1. The molecule has 2 heterocycles. The van der Waals surface area contributed by atoms with Crippen molar-refractivity contribution >= 4 is 21.6 Å². The van der Waals surface area contributed by atoms with Crippen LogP contribution in [0.1, 0.15) is 18.1 Å². The number of hydrogen-bond acceptors (Lipinski definition) is 6. The average molecular weight is 440 g/mol. The molecule has 0 bridgehead atoms. The number of rotatable bonds is 4. The van der Waals surface area contributed by atoms with Gasteiger partial charge in [0, 0.05) is 38.7 Å². The lowest BCUT2D eigenvalue weighted by molar-refractivity contribution is -0.129. The van der Waals surface area contributed by atoms with Gasteiger partial charge in [0.2, 0.25) is 32.5 Å². The zero-order valence-electron chi connectivity index (χ0n) is 17.8. The second-order valence-electron chi connectivity index (χ2n) is 7.80. The largest absolute Gasteiger partial charge is 0.419 e. The van der Waals surface area contributed by atoms with Crippen LogP contribution in [0.25, 0.3) is 11.5 Å². The smallest absolute Gasteiger partial charge is 0.236 e. The van der Waals surface area contributed by atoms with Crippen LogP contribution in [0.2, 0.25) is 0 Å². The molecule has 2 aromatic carbocycles. The number of carbonyl (C=O) groups is 1. The number of piperazine rings is 1. The molecular formula is C23H25N3O4S. The fraction of sp³-hybridized carbons (Fsp3) is 0.304. The number of nitrogens with zero attached hydrogens (tertiary/aromatic N) is 3. The lowest BCUT2D eigenvalue weighted by Gasteiger charge is -2.34. The highest BCUT2D eigenvalue weighted by Gasteiger charge is 2.33. The number of oxazole rings is 1. The van der Waals surface area contributed by atoms with E-state index < -0.39 is 9.84 Å². The molecular weight excluding hydrogens is 414 g/mol. The van der Waals surface area contributed by atoms with E-state index in [1.807, 2.05) is 43.0 Å². The molecule has 3 aromatic rings. The summed E-state index contributed by atoms with van der Waals surface area (Å²) in [6, 6.07) is 14.3. The van der Waals surface area contributed by atoms with Crippen molar-refractivity contribution in [3.8, 4) is 11.5 Å². The molecule has 0 N–H and O–H groups in total. The lowest BCUT2D eigenvalue weighted by Crippen LogP contribution is -2.48. The summed E-state index contributed by atoms with van der Waals surface area (Å²) in [6.07, 6.45) is 0. The molecule has 4 rings (SSSR count). The Morgan fingerprint density at radius 1 is 0.903 bits per heavy atom. The Balaban J connectivity index is 1.78. The zero-order valence-corrected chi connectivity index (χ0v) is 18.6. The fourth-order valence-electron chi connectivity index (χ4n) is 3.55. The summed E-state index contributed by atoms with van der Waals surface area (Å²) in [5.41, 5.74) is 2.77. The molecule has 1 aromatic heterocycles. The first-order valence-corrected chi connectivity index (χ1v) is 11.6. The van der Waals surface area contributed by atoms with Gasteiger partial charge in [0.25, 0.3) is 0 Å². The van der Waals surface area contributed by atoms with Crippen LogP contribution in [-0.4, -0.2) is 50.4 Å². The minimum Gasteiger partial charge on any atom is -0.419 e. The molecule has 1 aliphatic heterocycles. The molecule has 162 valence electrons. The van der Waals surface area contributed by atoms with E-state index in [0.717, 1.165) is 11.1 Å². The summed E-state index contributed by atoms with van der Waals surface area (Å²) in [7, 11) is -3.89. The summed E-state index contributed by atoms with van der Waals surface area (Å²) in [5, 5.41) is -0.0943. The van der Waals surface area contributed by atoms with E-state index in [9.17, 15) is 13.2 Å². The van der Waals surface area contributed by atoms with Crippen LogP contribution in [0.5, 0.6) is 0 Å². The third-order valence-corrected chi connectivity index (χ3v) is 7.14. The molecule has 31 heavy (non-hydrogen) atoms. The van der Waals surface area contributed by atoms with Crippen LogP contribution in [0, 0.1) is 13.8 Å². The van der Waals surface area contributed by atoms with E-state index in [4.69, 9.17) is 4.42 Å². The molecule has 0 aliphatic carbocycles. The van der Waals surface area contributed by atoms with Gasteiger partial charge in [-0.05, 0) is 38.1 Å². The van der Waals surface area contributed by atoms with Gasteiger partial charge in [-0.25, -0.2) is 8.42 Å². The number of aromatic nitrogens is 1. The monoisotopic (exact) mass is 439 g/mol. The highest BCUT2D eigenvalue weighted by Crippen LogP contribution is 2.35. The second-order valence-corrected chi connectivity index (χ2v) is 9.67. The first kappa shape index (κ1) is 21.1. The van der Waals surface area contributed by atoms with Gasteiger partial charge in [-0.15, -0.1) is 0 Å². The molecule has 8 heteroatoms. The Hall–Kier alpha value is -3.13. The van der Waals surface area contributed by atoms with E-state index in [1.165, 1.54) is 6.92 Å². The van der Waals surface area contributed by atoms with Crippen molar-refractivity contribution in [1.82, 2.24) is 9.88 Å². The third-order valence-electron chi connectivity index (χ3n) is 5.48. The maximum absolute atomic E-state index is 13.5. The second kappa shape index (κ2) is 8.19. The van der Waals surface area contributed by atoms with Crippen molar-refractivity contribution in [3.63, 3.8) is 0 Å². The molecule has 0 radical (unpaired) electrons. The van der Waals surface area contributed by atoms with Crippen LogP contribution >= 0.6 is 0 Å². The predicted octanol–water partition coefficient (Wildman–Crippen LogP) is 3.46. The Morgan fingerprint density at radius 2 is 1.45 bits per heavy atom. The Morgan fingerprint density at radius 3 is 2.00 bits per heavy atom. The van der Waals surface area contributed by atoms with Crippen LogP contribution in [0.3, 0.4) is 0 Å². The van der Waals surface area contributed by atoms with E-state index in [1.54, 1.807) is 29.2 Å². The standard InChI is InChI=1S/C23H25N3O4S/c1-16-4-8-19(9-5-16)21-24-22(31(28,29)20-10-6-17(2)7-11-20)23(30-21)26-14-12-25(13-15-26)18(3)27/h4-11H,12-15H2,1-3H3. The number of hydrogen-bond donors (Lipinski definition) is 0. The molecule has 1 saturated heterocycles. The molecule has 0 unspecified atom stereocenters. The van der Waals surface area contributed by atoms with E-state index in [0.29, 0.717) is 31.7 Å². The minimum atomic E-state index is -3.89. The first-order chi connectivity index (χ1) is 14.8. The summed E-state index contributed by atoms with van der Waals surface area (Å²) in [4.78, 5) is 19.9. The van der Waals surface area contributed by atoms with Gasteiger partial charge in [0.1, 0.15) is 0 Å². The molecule has 1 aliphatic rings. The van der Waals surface area contributed by atoms with Gasteiger partial charge >= 0.3 is 0 Å². The van der Waals surface area contributed by atoms with Gasteiger partial charge in [-0.3, -0.25) is 4.79 Å². The highest BCUT2D eigenvalue weighted by molar-refractivity contribution is 7.91. The molecule has 0 saturated carbocycles. The van der Waals surface area contributed by atoms with Gasteiger partial charge in [-0.1, -0.05) is 35.4 Å². The van der Waals surface area contributed by atoms with Gasteiger partial charge in [-0.2, -0.15) is 4.98 Å². The summed E-state index contributed by atoms with van der Waals surface area (Å²) < 4.78 is 33.0. The Labute approximate surface area is 182 Å². The fourth-order valence-corrected chi connectivity index (χ4v) is 4.87. The number of benzene rings is 2. The Kier molecular flexibility index (Phi) is 5.58. The summed E-state index contributed by atoms with van der Waals surface area (Å²) >= 11 is 0. The van der Waals surface area contributed by atoms with Crippen LogP contribution in [0.15, 0.2) is 62.9 Å². The first-order valence-electron chi connectivity index (χ1n) is 10.2. The minimum absolute atomic E-state index is 0.00469. The van der Waals surface area contributed by atoms with Crippen molar-refractivity contribution in [3.05, 3.63) is 59.7 Å². The topological polar surface area (TPSA) is 83.7 Å². The summed E-state index contributed by atoms with van der Waals surface area (Å²) in [6.45, 7) is 7.36. The number of anilines is 1. The third kappa shape index (κ3) is 4.20. The maximum atomic E-state index is 13.5. The predicted molar refractivity (Wildman–Crippen MR) is 118 cm³/mol. The van der Waals surface area contributed by atoms with Crippen molar-refractivity contribution in [2.24, 2.45) is 0 Å². The van der Waals surface area contributed by atoms with Crippen LogP contribution < -0.4 is 4.90 Å². The Bertz CT molecular complexity index is 1190. The van der Waals surface area contributed by atoms with Crippen molar-refractivity contribution in [2.75, 3.05) is 31.1 Å². The van der Waals surface area contributed by atoms with Gasteiger partial charge < -0.3 is 14.2 Å². The SMILES string of the molecule is CC(=O)N1CCN(c2oc(-c3ccc(C)cc3)nc2S(=O)(=O)c2ccc(C)cc2)CC1. The van der Waals surface area contributed by atoms with Gasteiger partial charge in [0.05, 0.1) is 4.90 Å². The average Bonchev–Trinajstić information content (AvgIpc) is 3.21. The molecule has 1 amide bonds. The molecule has 1 fully saturated rings. The summed E-state index contributed by atoms with van der Waals surface area (Å²) in [5.74, 6) is 0.485. The highest BCUT2D eigenvalue weighted by atomic mass is 32.2. The molecule has 0 spiro atoms. The van der Waals surface area contributed by atoms with Gasteiger partial charge in [0.15, 0.2) is 0 Å². The van der Waals surface area contributed by atoms with E-state index >= 15 is 0 Å².